The molecule has 1 fully saturated rings. The van der Waals surface area contributed by atoms with Crippen LogP contribution in [0, 0.1) is 17.2 Å². The molecule has 1 aromatic carbocycles. The number of nitrogens with zero attached hydrogens (tertiary/aromatic N) is 1. The summed E-state index contributed by atoms with van der Waals surface area (Å²) in [6, 6.07) is 4.98. The molecule has 1 unspecified atom stereocenters. The van der Waals surface area contributed by atoms with Crippen molar-refractivity contribution in [3.63, 3.8) is 0 Å². The Morgan fingerprint density at radius 1 is 1.31 bits per heavy atom. The summed E-state index contributed by atoms with van der Waals surface area (Å²) in [5, 5.41) is 0.929. The van der Waals surface area contributed by atoms with Crippen LogP contribution in [0.15, 0.2) is 24.4 Å². The van der Waals surface area contributed by atoms with E-state index in [2.05, 4.69) is 30.7 Å². The second-order valence-electron chi connectivity index (χ2n) is 9.82. The Hall–Kier alpha value is -1.72. The van der Waals surface area contributed by atoms with Gasteiger partial charge < -0.3 is 15.6 Å². The average molecular weight is 402 g/mol. The molecule has 1 aliphatic rings. The van der Waals surface area contributed by atoms with E-state index < -0.39 is 0 Å². The molecule has 4 nitrogen and oxygen atoms in total. The first-order valence-corrected chi connectivity index (χ1v) is 11.0. The van der Waals surface area contributed by atoms with Gasteiger partial charge in [0.05, 0.1) is 0 Å². The van der Waals surface area contributed by atoms with Crippen LogP contribution in [0.3, 0.4) is 0 Å². The minimum Gasteiger partial charge on any atom is -0.361 e. The van der Waals surface area contributed by atoms with Gasteiger partial charge in [-0.25, -0.2) is 4.39 Å². The number of fused-ring (bicyclic) bond motifs is 1. The highest BCUT2D eigenvalue weighted by Gasteiger charge is 2.26. The number of H-pyrrole nitrogens is 1. The minimum atomic E-state index is -0.218. The monoisotopic (exact) mass is 401 g/mol. The smallest absolute Gasteiger partial charge is 0.133 e. The van der Waals surface area contributed by atoms with Gasteiger partial charge in [0.15, 0.2) is 0 Å². The second-order valence-corrected chi connectivity index (χ2v) is 9.82. The van der Waals surface area contributed by atoms with E-state index in [9.17, 15) is 9.18 Å². The van der Waals surface area contributed by atoms with Gasteiger partial charge in [-0.05, 0) is 73.9 Å². The van der Waals surface area contributed by atoms with Crippen LogP contribution in [0.1, 0.15) is 58.4 Å². The summed E-state index contributed by atoms with van der Waals surface area (Å²) in [5.74, 6) is 0.650. The third-order valence-corrected chi connectivity index (χ3v) is 6.42. The first-order valence-electron chi connectivity index (χ1n) is 11.0. The van der Waals surface area contributed by atoms with E-state index in [-0.39, 0.29) is 17.3 Å². The zero-order valence-corrected chi connectivity index (χ0v) is 18.1. The molecule has 3 N–H and O–H groups in total. The van der Waals surface area contributed by atoms with Crippen LogP contribution in [0.4, 0.5) is 4.39 Å². The quantitative estimate of drug-likeness (QED) is 0.675. The maximum Gasteiger partial charge on any atom is 0.133 e. The fourth-order valence-corrected chi connectivity index (χ4v) is 4.18. The highest BCUT2D eigenvalue weighted by atomic mass is 19.1. The summed E-state index contributed by atoms with van der Waals surface area (Å²) >= 11 is 0. The molecule has 1 saturated heterocycles. The minimum absolute atomic E-state index is 0.128. The van der Waals surface area contributed by atoms with E-state index in [0.29, 0.717) is 24.5 Å². The van der Waals surface area contributed by atoms with Crippen molar-refractivity contribution in [3.05, 3.63) is 35.8 Å². The average Bonchev–Trinajstić information content (AvgIpc) is 3.05. The first-order chi connectivity index (χ1) is 13.7. The number of nitrogens with one attached hydrogen (secondary N) is 1. The highest BCUT2D eigenvalue weighted by Crippen LogP contribution is 2.25. The number of Topliss-reactive ketones (excluding diaryl/α,β-unsaturated/α-hetero) is 1. The molecule has 5 heteroatoms. The molecule has 0 amide bonds. The zero-order chi connectivity index (χ0) is 21.0. The Kier molecular flexibility index (Phi) is 7.12. The van der Waals surface area contributed by atoms with Crippen molar-refractivity contribution in [3.8, 4) is 0 Å². The van der Waals surface area contributed by atoms with Crippen LogP contribution in [-0.2, 0) is 11.2 Å². The number of ketones is 1. The van der Waals surface area contributed by atoms with Crippen molar-refractivity contribution in [1.82, 2.24) is 9.88 Å². The van der Waals surface area contributed by atoms with Crippen LogP contribution in [0.25, 0.3) is 10.9 Å². The van der Waals surface area contributed by atoms with Crippen molar-refractivity contribution in [2.24, 2.45) is 17.1 Å². The molecule has 0 spiro atoms. The summed E-state index contributed by atoms with van der Waals surface area (Å²) in [4.78, 5) is 18.1. The molecule has 0 saturated carbocycles. The fraction of sp³-hybridized carbons (Fsp3) is 0.625. The van der Waals surface area contributed by atoms with Gasteiger partial charge in [-0.3, -0.25) is 4.79 Å². The SMILES string of the molecule is CC(C)(C)C(N)CN1CCC(CC(=O)CCCc2c[nH]c3ccc(F)cc23)CC1. The van der Waals surface area contributed by atoms with Gasteiger partial charge in [0.1, 0.15) is 11.6 Å². The van der Waals surface area contributed by atoms with Crippen molar-refractivity contribution in [2.45, 2.75) is 65.3 Å². The van der Waals surface area contributed by atoms with E-state index in [1.54, 1.807) is 12.1 Å². The lowest BCUT2D eigenvalue weighted by Crippen LogP contribution is -2.47. The lowest BCUT2D eigenvalue weighted by Gasteiger charge is -2.36. The van der Waals surface area contributed by atoms with Crippen molar-refractivity contribution in [2.75, 3.05) is 19.6 Å². The lowest BCUT2D eigenvalue weighted by molar-refractivity contribution is -0.120. The molecule has 2 aromatic rings. The number of hydrogen-bond acceptors (Lipinski definition) is 3. The largest absolute Gasteiger partial charge is 0.361 e. The number of aromatic nitrogens is 1. The van der Waals surface area contributed by atoms with Crippen LogP contribution in [0.2, 0.25) is 0 Å². The standard InChI is InChI=1S/C24H36FN3O/c1-24(2,3)23(26)16-28-11-9-17(10-12-28)13-20(29)6-4-5-18-15-27-22-8-7-19(25)14-21(18)22/h7-8,14-15,17,23,27H,4-6,9-13,16,26H2,1-3H3. The Bertz CT molecular complexity index is 815. The fourth-order valence-electron chi connectivity index (χ4n) is 4.18. The van der Waals surface area contributed by atoms with Gasteiger partial charge in [-0.1, -0.05) is 20.8 Å². The van der Waals surface area contributed by atoms with Gasteiger partial charge in [-0.2, -0.15) is 0 Å². The zero-order valence-electron chi connectivity index (χ0n) is 18.1. The number of rotatable bonds is 8. The summed E-state index contributed by atoms with van der Waals surface area (Å²) in [6.07, 6.45) is 7.04. The highest BCUT2D eigenvalue weighted by molar-refractivity contribution is 5.83. The Balaban J connectivity index is 1.38. The molecular formula is C24H36FN3O. The number of likely N-dealkylation sites (tertiary alicyclic amines) is 1. The van der Waals surface area contributed by atoms with Crippen molar-refractivity contribution >= 4 is 16.7 Å². The second kappa shape index (κ2) is 9.40. The maximum atomic E-state index is 13.5. The number of benzene rings is 1. The van der Waals surface area contributed by atoms with Gasteiger partial charge >= 0.3 is 0 Å². The lowest BCUT2D eigenvalue weighted by atomic mass is 9.86. The maximum absolute atomic E-state index is 13.5. The Morgan fingerprint density at radius 3 is 2.72 bits per heavy atom. The molecule has 0 bridgehead atoms. The van der Waals surface area contributed by atoms with Crippen LogP contribution < -0.4 is 5.73 Å². The van der Waals surface area contributed by atoms with E-state index in [0.717, 1.165) is 61.8 Å². The predicted molar refractivity (Wildman–Crippen MR) is 117 cm³/mol. The number of aryl methyl sites for hydroxylation is 1. The molecule has 1 atom stereocenters. The van der Waals surface area contributed by atoms with E-state index >= 15 is 0 Å². The third-order valence-electron chi connectivity index (χ3n) is 6.42. The molecule has 160 valence electrons. The molecule has 1 aromatic heterocycles. The van der Waals surface area contributed by atoms with Gasteiger partial charge in [0.25, 0.3) is 0 Å². The van der Waals surface area contributed by atoms with Crippen LogP contribution in [0.5, 0.6) is 0 Å². The van der Waals surface area contributed by atoms with E-state index in [1.807, 2.05) is 6.20 Å². The first kappa shape index (κ1) is 22.0. The number of carbonyl (C=O) groups excluding carboxylic acids is 1. The predicted octanol–water partition coefficient (Wildman–Crippen LogP) is 4.67. The topological polar surface area (TPSA) is 62.1 Å². The number of nitrogens with two attached hydrogens (primary N) is 1. The molecule has 2 heterocycles. The number of piperidine rings is 1. The van der Waals surface area contributed by atoms with Crippen molar-refractivity contribution in [1.29, 1.82) is 0 Å². The molecule has 29 heavy (non-hydrogen) atoms. The summed E-state index contributed by atoms with van der Waals surface area (Å²) in [5.41, 5.74) is 8.49. The number of carbonyl (C=O) groups is 1. The van der Waals surface area contributed by atoms with E-state index in [1.165, 1.54) is 6.07 Å². The van der Waals surface area contributed by atoms with Gasteiger partial charge in [0.2, 0.25) is 0 Å². The van der Waals surface area contributed by atoms with Gasteiger partial charge in [-0.15, -0.1) is 0 Å². The summed E-state index contributed by atoms with van der Waals surface area (Å²) in [7, 11) is 0. The normalized spacial score (nSPS) is 17.7. The number of halogens is 1. The van der Waals surface area contributed by atoms with Crippen LogP contribution in [-0.4, -0.2) is 41.3 Å². The van der Waals surface area contributed by atoms with Crippen LogP contribution >= 0.6 is 0 Å². The molecule has 1 aliphatic heterocycles. The molecular weight excluding hydrogens is 365 g/mol. The summed E-state index contributed by atoms with van der Waals surface area (Å²) in [6.45, 7) is 9.60. The van der Waals surface area contributed by atoms with Crippen molar-refractivity contribution < 1.29 is 9.18 Å². The molecule has 0 aliphatic carbocycles. The van der Waals surface area contributed by atoms with E-state index in [4.69, 9.17) is 5.73 Å². The Morgan fingerprint density at radius 2 is 2.03 bits per heavy atom. The van der Waals surface area contributed by atoms with Gasteiger partial charge in [0, 0.05) is 42.5 Å². The molecule has 3 rings (SSSR count). The number of aromatic amines is 1. The number of hydrogen-bond donors (Lipinski definition) is 2. The molecule has 0 radical (unpaired) electrons. The summed E-state index contributed by atoms with van der Waals surface area (Å²) < 4.78 is 13.5. The Labute approximate surface area is 174 Å². The third kappa shape index (κ3) is 6.13.